The molecule has 0 saturated heterocycles. The summed E-state index contributed by atoms with van der Waals surface area (Å²) in [7, 11) is 0.0573. The van der Waals surface area contributed by atoms with Crippen molar-refractivity contribution in [2.75, 3.05) is 25.5 Å². The van der Waals surface area contributed by atoms with Crippen molar-refractivity contribution in [1.82, 2.24) is 4.72 Å². The van der Waals surface area contributed by atoms with E-state index in [0.717, 1.165) is 5.69 Å². The molecule has 1 fully saturated rings. The van der Waals surface area contributed by atoms with Gasteiger partial charge in [-0.25, -0.2) is 13.1 Å². The first kappa shape index (κ1) is 14.3. The third kappa shape index (κ3) is 3.08. The molecular formula is C13H21N3O2S. The number of nitrogens with one attached hydrogen (secondary N) is 1. The molecule has 19 heavy (non-hydrogen) atoms. The van der Waals surface area contributed by atoms with Crippen LogP contribution in [0.3, 0.4) is 0 Å². The molecule has 6 heteroatoms. The van der Waals surface area contributed by atoms with Gasteiger partial charge < -0.3 is 10.6 Å². The number of sulfonamides is 1. The standard InChI is InChI=1S/C13H21N3O2S/c1-15-19(17,18)12-7-5-11(6-8-12)16(2)13(9-14)10-3-4-10/h5-8,10,13,15H,3-4,9,14H2,1-2H3. The highest BCUT2D eigenvalue weighted by molar-refractivity contribution is 7.89. The lowest BCUT2D eigenvalue weighted by Crippen LogP contribution is -2.39. The van der Waals surface area contributed by atoms with Crippen molar-refractivity contribution in [3.63, 3.8) is 0 Å². The number of likely N-dealkylation sites (N-methyl/N-ethyl adjacent to an activating group) is 1. The van der Waals surface area contributed by atoms with Crippen LogP contribution in [0.15, 0.2) is 29.2 Å². The zero-order valence-corrected chi connectivity index (χ0v) is 12.2. The Labute approximate surface area is 114 Å². The maximum absolute atomic E-state index is 11.6. The molecule has 106 valence electrons. The topological polar surface area (TPSA) is 75.4 Å². The smallest absolute Gasteiger partial charge is 0.240 e. The molecule has 1 aromatic rings. The Hall–Kier alpha value is -1.11. The summed E-state index contributed by atoms with van der Waals surface area (Å²) in [6.07, 6.45) is 2.47. The minimum Gasteiger partial charge on any atom is -0.370 e. The van der Waals surface area contributed by atoms with Gasteiger partial charge in [0.15, 0.2) is 0 Å². The van der Waals surface area contributed by atoms with Crippen LogP contribution in [-0.4, -0.2) is 35.1 Å². The lowest BCUT2D eigenvalue weighted by molar-refractivity contribution is 0.570. The highest BCUT2D eigenvalue weighted by Gasteiger charge is 2.33. The van der Waals surface area contributed by atoms with E-state index in [1.54, 1.807) is 12.1 Å². The molecule has 1 aliphatic carbocycles. The van der Waals surface area contributed by atoms with Crippen LogP contribution in [0.5, 0.6) is 0 Å². The number of rotatable bonds is 6. The second-order valence-corrected chi connectivity index (χ2v) is 6.84. The summed E-state index contributed by atoms with van der Waals surface area (Å²) in [5.41, 5.74) is 6.82. The quantitative estimate of drug-likeness (QED) is 0.808. The molecule has 0 bridgehead atoms. The fourth-order valence-electron chi connectivity index (χ4n) is 2.32. The van der Waals surface area contributed by atoms with Gasteiger partial charge in [-0.05, 0) is 50.1 Å². The van der Waals surface area contributed by atoms with Crippen molar-refractivity contribution in [1.29, 1.82) is 0 Å². The van der Waals surface area contributed by atoms with Crippen molar-refractivity contribution < 1.29 is 8.42 Å². The largest absolute Gasteiger partial charge is 0.370 e. The van der Waals surface area contributed by atoms with Crippen molar-refractivity contribution in [2.24, 2.45) is 11.7 Å². The molecule has 1 atom stereocenters. The van der Waals surface area contributed by atoms with Crippen LogP contribution in [0.4, 0.5) is 5.69 Å². The van der Waals surface area contributed by atoms with Crippen LogP contribution in [0.25, 0.3) is 0 Å². The van der Waals surface area contributed by atoms with Gasteiger partial charge >= 0.3 is 0 Å². The van der Waals surface area contributed by atoms with Crippen LogP contribution >= 0.6 is 0 Å². The predicted molar refractivity (Wildman–Crippen MR) is 76.7 cm³/mol. The summed E-state index contributed by atoms with van der Waals surface area (Å²) in [4.78, 5) is 2.43. The summed E-state index contributed by atoms with van der Waals surface area (Å²) in [5, 5.41) is 0. The predicted octanol–water partition coefficient (Wildman–Crippen LogP) is 0.768. The molecule has 0 amide bonds. The van der Waals surface area contributed by atoms with Crippen LogP contribution in [0.2, 0.25) is 0 Å². The molecule has 0 radical (unpaired) electrons. The van der Waals surface area contributed by atoms with Crippen molar-refractivity contribution in [3.8, 4) is 0 Å². The Morgan fingerprint density at radius 1 is 1.37 bits per heavy atom. The van der Waals surface area contributed by atoms with Gasteiger partial charge in [0, 0.05) is 25.3 Å². The summed E-state index contributed by atoms with van der Waals surface area (Å²) < 4.78 is 25.6. The van der Waals surface area contributed by atoms with Crippen molar-refractivity contribution in [2.45, 2.75) is 23.8 Å². The number of nitrogens with two attached hydrogens (primary N) is 1. The van der Waals surface area contributed by atoms with Gasteiger partial charge in [-0.3, -0.25) is 0 Å². The average molecular weight is 283 g/mol. The van der Waals surface area contributed by atoms with Gasteiger partial charge in [-0.1, -0.05) is 0 Å². The average Bonchev–Trinajstić information content (AvgIpc) is 3.24. The van der Waals surface area contributed by atoms with E-state index in [2.05, 4.69) is 9.62 Å². The molecular weight excluding hydrogens is 262 g/mol. The third-order valence-corrected chi connectivity index (χ3v) is 5.16. The van der Waals surface area contributed by atoms with E-state index in [1.807, 2.05) is 19.2 Å². The van der Waals surface area contributed by atoms with E-state index in [-0.39, 0.29) is 4.90 Å². The molecule has 0 aliphatic heterocycles. The van der Waals surface area contributed by atoms with E-state index in [4.69, 9.17) is 5.73 Å². The Kier molecular flexibility index (Phi) is 4.13. The normalized spacial score (nSPS) is 17.2. The summed E-state index contributed by atoms with van der Waals surface area (Å²) in [6.45, 7) is 0.623. The lowest BCUT2D eigenvalue weighted by Gasteiger charge is -2.29. The maximum atomic E-state index is 11.6. The summed E-state index contributed by atoms with van der Waals surface area (Å²) in [6, 6.07) is 7.24. The molecule has 2 rings (SSSR count). The molecule has 5 nitrogen and oxygen atoms in total. The first-order valence-corrected chi connectivity index (χ1v) is 7.94. The molecule has 0 aromatic heterocycles. The van der Waals surface area contributed by atoms with E-state index in [1.165, 1.54) is 19.9 Å². The highest BCUT2D eigenvalue weighted by Crippen LogP contribution is 2.36. The van der Waals surface area contributed by atoms with E-state index in [9.17, 15) is 8.42 Å². The van der Waals surface area contributed by atoms with Crippen LogP contribution in [0, 0.1) is 5.92 Å². The zero-order valence-electron chi connectivity index (χ0n) is 11.3. The number of benzene rings is 1. The molecule has 1 saturated carbocycles. The minimum absolute atomic E-state index is 0.280. The van der Waals surface area contributed by atoms with Crippen molar-refractivity contribution in [3.05, 3.63) is 24.3 Å². The van der Waals surface area contributed by atoms with Gasteiger partial charge in [-0.2, -0.15) is 0 Å². The van der Waals surface area contributed by atoms with Gasteiger partial charge in [0.1, 0.15) is 0 Å². The van der Waals surface area contributed by atoms with E-state index >= 15 is 0 Å². The SMILES string of the molecule is CNS(=O)(=O)c1ccc(N(C)C(CN)C2CC2)cc1. The molecule has 0 heterocycles. The van der Waals surface area contributed by atoms with Gasteiger partial charge in [0.05, 0.1) is 4.90 Å². The molecule has 0 spiro atoms. The van der Waals surface area contributed by atoms with Crippen molar-refractivity contribution >= 4 is 15.7 Å². The van der Waals surface area contributed by atoms with Crippen LogP contribution in [-0.2, 0) is 10.0 Å². The Balaban J connectivity index is 2.18. The first-order chi connectivity index (χ1) is 8.99. The van der Waals surface area contributed by atoms with Gasteiger partial charge in [-0.15, -0.1) is 0 Å². The number of anilines is 1. The molecule has 1 aliphatic rings. The fourth-order valence-corrected chi connectivity index (χ4v) is 3.05. The second kappa shape index (κ2) is 5.48. The Morgan fingerprint density at radius 2 is 1.95 bits per heavy atom. The van der Waals surface area contributed by atoms with E-state index < -0.39 is 10.0 Å². The zero-order chi connectivity index (χ0) is 14.0. The van der Waals surface area contributed by atoms with Gasteiger partial charge in [0.25, 0.3) is 0 Å². The highest BCUT2D eigenvalue weighted by atomic mass is 32.2. The van der Waals surface area contributed by atoms with E-state index in [0.29, 0.717) is 18.5 Å². The second-order valence-electron chi connectivity index (χ2n) is 4.95. The van der Waals surface area contributed by atoms with Crippen LogP contribution < -0.4 is 15.4 Å². The molecule has 1 unspecified atom stereocenters. The summed E-state index contributed by atoms with van der Waals surface area (Å²) >= 11 is 0. The minimum atomic E-state index is -3.36. The van der Waals surface area contributed by atoms with Crippen LogP contribution in [0.1, 0.15) is 12.8 Å². The number of hydrogen-bond donors (Lipinski definition) is 2. The Morgan fingerprint density at radius 3 is 2.37 bits per heavy atom. The number of nitrogens with zero attached hydrogens (tertiary/aromatic N) is 1. The first-order valence-electron chi connectivity index (χ1n) is 6.46. The number of hydrogen-bond acceptors (Lipinski definition) is 4. The fraction of sp³-hybridized carbons (Fsp3) is 0.538. The molecule has 1 aromatic carbocycles. The monoisotopic (exact) mass is 283 g/mol. The molecule has 3 N–H and O–H groups in total. The van der Waals surface area contributed by atoms with Gasteiger partial charge in [0.2, 0.25) is 10.0 Å². The summed E-state index contributed by atoms with van der Waals surface area (Å²) in [5.74, 6) is 0.677. The Bertz CT molecular complexity index is 523. The lowest BCUT2D eigenvalue weighted by atomic mass is 10.1. The third-order valence-electron chi connectivity index (χ3n) is 3.73. The maximum Gasteiger partial charge on any atom is 0.240 e.